The zero-order chi connectivity index (χ0) is 28.4. The molecule has 2 unspecified atom stereocenters. The van der Waals surface area contributed by atoms with Gasteiger partial charge in [-0.2, -0.15) is 11.8 Å². The van der Waals surface area contributed by atoms with Gasteiger partial charge in [-0.1, -0.05) is 117 Å². The van der Waals surface area contributed by atoms with E-state index in [2.05, 4.69) is 32.5 Å². The van der Waals surface area contributed by atoms with E-state index in [1.165, 1.54) is 108 Å². The molecule has 1 rings (SSSR count). The second-order valence-electron chi connectivity index (χ2n) is 12.4. The van der Waals surface area contributed by atoms with Crippen LogP contribution in [0.15, 0.2) is 0 Å². The first-order valence-corrected chi connectivity index (χ1v) is 18.4. The lowest BCUT2D eigenvalue weighted by Crippen LogP contribution is -2.13. The van der Waals surface area contributed by atoms with Gasteiger partial charge >= 0.3 is 5.97 Å². The van der Waals surface area contributed by atoms with Gasteiger partial charge in [-0.25, -0.2) is 0 Å². The normalized spacial score (nSPS) is 15.8. The van der Waals surface area contributed by atoms with Crippen molar-refractivity contribution >= 4 is 23.5 Å². The van der Waals surface area contributed by atoms with E-state index >= 15 is 0 Å². The molecule has 1 aliphatic carbocycles. The molecule has 0 aliphatic heterocycles. The van der Waals surface area contributed by atoms with Gasteiger partial charge in [-0.3, -0.25) is 9.59 Å². The molecular weight excluding hydrogens is 500 g/mol. The Labute approximate surface area is 248 Å². The quantitative estimate of drug-likeness (QED) is 0.0732. The van der Waals surface area contributed by atoms with E-state index < -0.39 is 0 Å². The summed E-state index contributed by atoms with van der Waals surface area (Å²) in [5.74, 6) is 2.93. The van der Waals surface area contributed by atoms with Gasteiger partial charge in [0.2, 0.25) is 0 Å². The molecular formula is C35H66O3S. The summed E-state index contributed by atoms with van der Waals surface area (Å²) in [6.07, 6.45) is 29.3. The Bertz CT molecular complexity index is 572. The average Bonchev–Trinajstić information content (AvgIpc) is 2.94. The lowest BCUT2D eigenvalue weighted by molar-refractivity contribution is -0.144. The molecule has 0 aromatic rings. The average molecular weight is 567 g/mol. The first-order valence-electron chi connectivity index (χ1n) is 17.4. The number of rotatable bonds is 27. The third kappa shape index (κ3) is 21.8. The largest absolute Gasteiger partial charge is 0.466 e. The van der Waals surface area contributed by atoms with Crippen LogP contribution in [0.3, 0.4) is 0 Å². The van der Waals surface area contributed by atoms with Crippen molar-refractivity contribution in [3.63, 3.8) is 0 Å². The first-order chi connectivity index (χ1) is 19.1. The zero-order valence-corrected chi connectivity index (χ0v) is 27.3. The molecule has 0 heterocycles. The van der Waals surface area contributed by atoms with E-state index in [0.717, 1.165) is 56.1 Å². The van der Waals surface area contributed by atoms with Crippen LogP contribution in [-0.4, -0.2) is 29.4 Å². The number of ketones is 1. The maximum absolute atomic E-state index is 12.9. The summed E-state index contributed by atoms with van der Waals surface area (Å²) in [7, 11) is 0. The smallest absolute Gasteiger partial charge is 0.305 e. The van der Waals surface area contributed by atoms with E-state index in [9.17, 15) is 9.59 Å². The SMILES string of the molecule is CCCCCCCC(=O)OCCC(CCCCC)CCC(=O)CCC(CCCCC)CCSC1CCCCC1. The van der Waals surface area contributed by atoms with Crippen molar-refractivity contribution in [2.75, 3.05) is 12.4 Å². The summed E-state index contributed by atoms with van der Waals surface area (Å²) in [4.78, 5) is 25.0. The summed E-state index contributed by atoms with van der Waals surface area (Å²) < 4.78 is 5.57. The van der Waals surface area contributed by atoms with Crippen LogP contribution in [-0.2, 0) is 14.3 Å². The monoisotopic (exact) mass is 566 g/mol. The third-order valence-electron chi connectivity index (χ3n) is 8.80. The van der Waals surface area contributed by atoms with Crippen molar-refractivity contribution in [3.8, 4) is 0 Å². The number of hydrogen-bond donors (Lipinski definition) is 0. The number of ether oxygens (including phenoxy) is 1. The Morgan fingerprint density at radius 3 is 1.82 bits per heavy atom. The van der Waals surface area contributed by atoms with Crippen LogP contribution in [0.25, 0.3) is 0 Å². The lowest BCUT2D eigenvalue weighted by atomic mass is 9.89. The molecule has 0 bridgehead atoms. The molecule has 230 valence electrons. The van der Waals surface area contributed by atoms with Crippen LogP contribution < -0.4 is 0 Å². The second kappa shape index (κ2) is 26.4. The molecule has 0 radical (unpaired) electrons. The van der Waals surface area contributed by atoms with Crippen LogP contribution in [0.2, 0.25) is 0 Å². The number of hydrogen-bond acceptors (Lipinski definition) is 4. The predicted molar refractivity (Wildman–Crippen MR) is 172 cm³/mol. The van der Waals surface area contributed by atoms with Crippen molar-refractivity contribution in [1.82, 2.24) is 0 Å². The predicted octanol–water partition coefficient (Wildman–Crippen LogP) is 11.3. The number of carbonyl (C=O) groups is 2. The van der Waals surface area contributed by atoms with Gasteiger partial charge in [0.15, 0.2) is 0 Å². The van der Waals surface area contributed by atoms with Crippen LogP contribution in [0, 0.1) is 11.8 Å². The fourth-order valence-corrected chi connectivity index (χ4v) is 7.47. The molecule has 2 atom stereocenters. The van der Waals surface area contributed by atoms with Crippen molar-refractivity contribution in [3.05, 3.63) is 0 Å². The number of Topliss-reactive ketones (excluding diaryl/α,β-unsaturated/α-hetero) is 1. The second-order valence-corrected chi connectivity index (χ2v) is 13.8. The van der Waals surface area contributed by atoms with Gasteiger partial charge in [0, 0.05) is 24.5 Å². The molecule has 0 amide bonds. The summed E-state index contributed by atoms with van der Waals surface area (Å²) in [6.45, 7) is 7.26. The molecule has 0 aromatic heterocycles. The Morgan fingerprint density at radius 1 is 0.641 bits per heavy atom. The molecule has 0 aromatic carbocycles. The van der Waals surface area contributed by atoms with Crippen molar-refractivity contribution < 1.29 is 14.3 Å². The highest BCUT2D eigenvalue weighted by Gasteiger charge is 2.17. The summed E-state index contributed by atoms with van der Waals surface area (Å²) in [6, 6.07) is 0. The fourth-order valence-electron chi connectivity index (χ4n) is 6.00. The van der Waals surface area contributed by atoms with Gasteiger partial charge in [0.25, 0.3) is 0 Å². The van der Waals surface area contributed by atoms with E-state index in [1.807, 2.05) is 0 Å². The van der Waals surface area contributed by atoms with Crippen molar-refractivity contribution in [2.45, 2.75) is 187 Å². The number of esters is 1. The summed E-state index contributed by atoms with van der Waals surface area (Å²) >= 11 is 2.22. The van der Waals surface area contributed by atoms with Crippen LogP contribution in [0.4, 0.5) is 0 Å². The maximum atomic E-state index is 12.9. The lowest BCUT2D eigenvalue weighted by Gasteiger charge is -2.22. The van der Waals surface area contributed by atoms with Crippen LogP contribution in [0.1, 0.15) is 181 Å². The minimum absolute atomic E-state index is 0.0364. The Balaban J connectivity index is 2.35. The highest BCUT2D eigenvalue weighted by atomic mass is 32.2. The molecule has 4 heteroatoms. The first kappa shape index (κ1) is 36.5. The van der Waals surface area contributed by atoms with Crippen molar-refractivity contribution in [2.24, 2.45) is 11.8 Å². The van der Waals surface area contributed by atoms with Gasteiger partial charge in [-0.15, -0.1) is 0 Å². The van der Waals surface area contributed by atoms with E-state index in [-0.39, 0.29) is 5.97 Å². The molecule has 39 heavy (non-hydrogen) atoms. The van der Waals surface area contributed by atoms with E-state index in [4.69, 9.17) is 4.74 Å². The van der Waals surface area contributed by atoms with Crippen molar-refractivity contribution in [1.29, 1.82) is 0 Å². The topological polar surface area (TPSA) is 43.4 Å². The van der Waals surface area contributed by atoms with Gasteiger partial charge in [-0.05, 0) is 62.5 Å². The zero-order valence-electron chi connectivity index (χ0n) is 26.5. The number of unbranched alkanes of at least 4 members (excludes halogenated alkanes) is 8. The fraction of sp³-hybridized carbons (Fsp3) is 0.943. The van der Waals surface area contributed by atoms with Crippen LogP contribution >= 0.6 is 11.8 Å². The Hall–Kier alpha value is -0.510. The van der Waals surface area contributed by atoms with Gasteiger partial charge in [0.05, 0.1) is 6.61 Å². The van der Waals surface area contributed by atoms with E-state index in [0.29, 0.717) is 31.1 Å². The molecule has 0 saturated heterocycles. The highest BCUT2D eigenvalue weighted by molar-refractivity contribution is 7.99. The molecule has 1 saturated carbocycles. The standard InChI is InChI=1S/C35H66O3S/c1-4-7-10-11-17-22-35(37)38-29-27-31(18-13-8-5-2)23-25-33(36)26-24-32(19-14-9-6-3)28-30-39-34-20-15-12-16-21-34/h31-32,34H,4-30H2,1-3H3. The molecule has 1 aliphatic rings. The van der Waals surface area contributed by atoms with E-state index in [1.54, 1.807) is 0 Å². The molecule has 0 spiro atoms. The maximum Gasteiger partial charge on any atom is 0.305 e. The molecule has 3 nitrogen and oxygen atoms in total. The molecule has 0 N–H and O–H groups in total. The summed E-state index contributed by atoms with van der Waals surface area (Å²) in [5, 5.41) is 0.895. The third-order valence-corrected chi connectivity index (χ3v) is 10.2. The van der Waals surface area contributed by atoms with Crippen LogP contribution in [0.5, 0.6) is 0 Å². The van der Waals surface area contributed by atoms with Gasteiger partial charge in [0.1, 0.15) is 5.78 Å². The highest BCUT2D eigenvalue weighted by Crippen LogP contribution is 2.31. The number of carbonyl (C=O) groups excluding carboxylic acids is 2. The minimum atomic E-state index is -0.0364. The summed E-state index contributed by atoms with van der Waals surface area (Å²) in [5.41, 5.74) is 0. The number of thioether (sulfide) groups is 1. The Morgan fingerprint density at radius 2 is 1.21 bits per heavy atom. The Kier molecular flexibility index (Phi) is 24.7. The minimum Gasteiger partial charge on any atom is -0.466 e. The van der Waals surface area contributed by atoms with Gasteiger partial charge < -0.3 is 4.74 Å². The molecule has 1 fully saturated rings.